The SMILES string of the molecule is Cc1ccccc1N(C(=O)c1snc(C(N)=O)c1N)C(C(=O)NCCC(C)C)c1ccc(Cl)cc1. The number of nitrogens with one attached hydrogen (secondary N) is 1. The number of benzene rings is 2. The molecule has 0 aliphatic carbocycles. The maximum Gasteiger partial charge on any atom is 0.273 e. The Labute approximate surface area is 213 Å². The Morgan fingerprint density at radius 2 is 1.77 bits per heavy atom. The maximum absolute atomic E-state index is 14.0. The lowest BCUT2D eigenvalue weighted by Gasteiger charge is -2.32. The van der Waals surface area contributed by atoms with Gasteiger partial charge in [-0.1, -0.05) is 55.8 Å². The molecule has 0 spiro atoms. The van der Waals surface area contributed by atoms with Crippen LogP contribution in [0.2, 0.25) is 5.02 Å². The van der Waals surface area contributed by atoms with E-state index in [0.717, 1.165) is 23.5 Å². The molecule has 2 aromatic carbocycles. The van der Waals surface area contributed by atoms with E-state index in [1.54, 1.807) is 36.4 Å². The molecule has 0 radical (unpaired) electrons. The lowest BCUT2D eigenvalue weighted by atomic mass is 10.0. The van der Waals surface area contributed by atoms with Crippen molar-refractivity contribution < 1.29 is 14.4 Å². The van der Waals surface area contributed by atoms with Gasteiger partial charge < -0.3 is 16.8 Å². The van der Waals surface area contributed by atoms with Gasteiger partial charge in [-0.3, -0.25) is 19.3 Å². The highest BCUT2D eigenvalue weighted by Gasteiger charge is 2.36. The summed E-state index contributed by atoms with van der Waals surface area (Å²) in [6, 6.07) is 12.9. The van der Waals surface area contributed by atoms with Gasteiger partial charge in [-0.2, -0.15) is 4.37 Å². The summed E-state index contributed by atoms with van der Waals surface area (Å²) in [6.45, 7) is 6.42. The summed E-state index contributed by atoms with van der Waals surface area (Å²) in [4.78, 5) is 40.7. The number of anilines is 2. The van der Waals surface area contributed by atoms with Crippen molar-refractivity contribution in [1.82, 2.24) is 9.69 Å². The summed E-state index contributed by atoms with van der Waals surface area (Å²) in [6.07, 6.45) is 0.779. The van der Waals surface area contributed by atoms with Gasteiger partial charge in [-0.05, 0) is 60.1 Å². The highest BCUT2D eigenvalue weighted by atomic mass is 35.5. The number of halogens is 1. The number of nitrogens with two attached hydrogens (primary N) is 2. The molecule has 3 aromatic rings. The van der Waals surface area contributed by atoms with Crippen molar-refractivity contribution in [3.8, 4) is 0 Å². The van der Waals surface area contributed by atoms with E-state index < -0.39 is 17.9 Å². The molecule has 3 rings (SSSR count). The third-order valence-electron chi connectivity index (χ3n) is 5.46. The van der Waals surface area contributed by atoms with Crippen molar-refractivity contribution in [3.05, 3.63) is 75.3 Å². The van der Waals surface area contributed by atoms with E-state index in [9.17, 15) is 14.4 Å². The Morgan fingerprint density at radius 1 is 1.11 bits per heavy atom. The number of nitrogen functional groups attached to an aromatic ring is 1. The number of amides is 3. The first-order chi connectivity index (χ1) is 16.6. The second-order valence-corrected chi connectivity index (χ2v) is 9.74. The zero-order valence-corrected chi connectivity index (χ0v) is 21.3. The van der Waals surface area contributed by atoms with E-state index in [1.165, 1.54) is 4.90 Å². The average Bonchev–Trinajstić information content (AvgIpc) is 3.20. The number of rotatable bonds is 9. The fraction of sp³-hybridized carbons (Fsp3) is 0.280. The first-order valence-corrected chi connectivity index (χ1v) is 12.2. The summed E-state index contributed by atoms with van der Waals surface area (Å²) >= 11 is 6.87. The minimum Gasteiger partial charge on any atom is -0.395 e. The van der Waals surface area contributed by atoms with Crippen molar-refractivity contribution >= 4 is 52.2 Å². The number of carbonyl (C=O) groups is 3. The molecule has 5 N–H and O–H groups in total. The molecule has 8 nitrogen and oxygen atoms in total. The summed E-state index contributed by atoms with van der Waals surface area (Å²) in [7, 11) is 0. The molecule has 1 unspecified atom stereocenters. The third-order valence-corrected chi connectivity index (χ3v) is 6.57. The van der Waals surface area contributed by atoms with Crippen LogP contribution in [0.4, 0.5) is 11.4 Å². The van der Waals surface area contributed by atoms with Crippen LogP contribution in [0.5, 0.6) is 0 Å². The van der Waals surface area contributed by atoms with E-state index in [1.807, 2.05) is 19.1 Å². The number of para-hydroxylation sites is 1. The van der Waals surface area contributed by atoms with Crippen LogP contribution in [-0.4, -0.2) is 28.6 Å². The van der Waals surface area contributed by atoms with Gasteiger partial charge in [0.1, 0.15) is 10.9 Å². The summed E-state index contributed by atoms with van der Waals surface area (Å²) < 4.78 is 3.97. The summed E-state index contributed by atoms with van der Waals surface area (Å²) in [5, 5.41) is 3.46. The van der Waals surface area contributed by atoms with Crippen molar-refractivity contribution in [3.63, 3.8) is 0 Å². The van der Waals surface area contributed by atoms with E-state index >= 15 is 0 Å². The summed E-state index contributed by atoms with van der Waals surface area (Å²) in [5.74, 6) is -1.37. The van der Waals surface area contributed by atoms with Crippen molar-refractivity contribution in [2.24, 2.45) is 11.7 Å². The predicted molar refractivity (Wildman–Crippen MR) is 140 cm³/mol. The fourth-order valence-electron chi connectivity index (χ4n) is 3.58. The largest absolute Gasteiger partial charge is 0.395 e. The van der Waals surface area contributed by atoms with Gasteiger partial charge in [0.25, 0.3) is 11.8 Å². The number of nitrogens with zero attached hydrogens (tertiary/aromatic N) is 2. The Morgan fingerprint density at radius 3 is 2.34 bits per heavy atom. The van der Waals surface area contributed by atoms with Gasteiger partial charge in [0, 0.05) is 17.3 Å². The minimum absolute atomic E-state index is 0.0241. The van der Waals surface area contributed by atoms with Crippen LogP contribution >= 0.6 is 23.1 Å². The Kier molecular flexibility index (Phi) is 8.48. The molecule has 0 saturated carbocycles. The molecule has 0 bridgehead atoms. The highest BCUT2D eigenvalue weighted by molar-refractivity contribution is 7.09. The quantitative estimate of drug-likeness (QED) is 0.391. The molecule has 1 heterocycles. The number of carbonyl (C=O) groups excluding carboxylic acids is 3. The minimum atomic E-state index is -1.04. The lowest BCUT2D eigenvalue weighted by molar-refractivity contribution is -0.122. The van der Waals surface area contributed by atoms with Crippen molar-refractivity contribution in [2.45, 2.75) is 33.2 Å². The molecule has 0 fully saturated rings. The van der Waals surface area contributed by atoms with Crippen LogP contribution in [0.1, 0.15) is 57.6 Å². The molecule has 3 amide bonds. The van der Waals surface area contributed by atoms with E-state index in [2.05, 4.69) is 23.5 Å². The Bertz CT molecular complexity index is 1230. The second-order valence-electron chi connectivity index (χ2n) is 8.53. The molecular weight excluding hydrogens is 486 g/mol. The topological polar surface area (TPSA) is 131 Å². The number of aryl methyl sites for hydroxylation is 1. The molecule has 35 heavy (non-hydrogen) atoms. The molecule has 1 aromatic heterocycles. The van der Waals surface area contributed by atoms with E-state index in [0.29, 0.717) is 28.7 Å². The molecular formula is C25H28ClN5O3S. The second kappa shape index (κ2) is 11.3. The molecule has 1 atom stereocenters. The smallest absolute Gasteiger partial charge is 0.273 e. The number of aromatic nitrogens is 1. The first kappa shape index (κ1) is 26.2. The number of hydrogen-bond acceptors (Lipinski definition) is 6. The normalized spacial score (nSPS) is 11.8. The molecule has 0 aliphatic heterocycles. The first-order valence-electron chi connectivity index (χ1n) is 11.1. The Balaban J connectivity index is 2.17. The predicted octanol–water partition coefficient (Wildman–Crippen LogP) is 4.34. The zero-order valence-electron chi connectivity index (χ0n) is 19.7. The molecule has 184 valence electrons. The maximum atomic E-state index is 14.0. The van der Waals surface area contributed by atoms with Gasteiger partial charge in [0.2, 0.25) is 5.91 Å². The third kappa shape index (κ3) is 5.98. The van der Waals surface area contributed by atoms with Crippen LogP contribution in [0, 0.1) is 12.8 Å². The van der Waals surface area contributed by atoms with Gasteiger partial charge in [-0.25, -0.2) is 0 Å². The lowest BCUT2D eigenvalue weighted by Crippen LogP contribution is -2.44. The molecule has 0 aliphatic rings. The fourth-order valence-corrected chi connectivity index (χ4v) is 4.45. The van der Waals surface area contributed by atoms with E-state index in [-0.39, 0.29) is 22.2 Å². The highest BCUT2D eigenvalue weighted by Crippen LogP contribution is 2.35. The van der Waals surface area contributed by atoms with Crippen molar-refractivity contribution in [2.75, 3.05) is 17.2 Å². The Hall–Kier alpha value is -3.43. The average molecular weight is 514 g/mol. The molecule has 10 heteroatoms. The zero-order chi connectivity index (χ0) is 25.7. The number of primary amides is 1. The van der Waals surface area contributed by atoms with Crippen LogP contribution < -0.4 is 21.7 Å². The van der Waals surface area contributed by atoms with Crippen LogP contribution in [0.15, 0.2) is 48.5 Å². The van der Waals surface area contributed by atoms with Crippen LogP contribution in [0.25, 0.3) is 0 Å². The van der Waals surface area contributed by atoms with Crippen molar-refractivity contribution in [1.29, 1.82) is 0 Å². The van der Waals surface area contributed by atoms with Gasteiger partial charge >= 0.3 is 0 Å². The van der Waals surface area contributed by atoms with E-state index in [4.69, 9.17) is 23.1 Å². The van der Waals surface area contributed by atoms with Gasteiger partial charge in [0.15, 0.2) is 5.69 Å². The van der Waals surface area contributed by atoms with Gasteiger partial charge in [-0.15, -0.1) is 0 Å². The van der Waals surface area contributed by atoms with Crippen LogP contribution in [0.3, 0.4) is 0 Å². The summed E-state index contributed by atoms with van der Waals surface area (Å²) in [5.41, 5.74) is 13.0. The molecule has 0 saturated heterocycles. The van der Waals surface area contributed by atoms with Crippen LogP contribution in [-0.2, 0) is 4.79 Å². The number of hydrogen-bond donors (Lipinski definition) is 3. The van der Waals surface area contributed by atoms with Gasteiger partial charge in [0.05, 0.1) is 5.69 Å². The monoisotopic (exact) mass is 513 g/mol. The standard InChI is InChI=1S/C25H28ClN5O3S/c1-14(2)12-13-29-24(33)21(16-8-10-17(26)11-9-16)31(18-7-5-4-6-15(18)3)25(34)22-19(27)20(23(28)32)30-35-22/h4-11,14,21H,12-13,27H2,1-3H3,(H2,28,32)(H,29,33).